The molecule has 0 spiro atoms. The summed E-state index contributed by atoms with van der Waals surface area (Å²) in [6.07, 6.45) is -0.374. The van der Waals surface area contributed by atoms with Gasteiger partial charge in [-0.2, -0.15) is 0 Å². The van der Waals surface area contributed by atoms with Crippen LogP contribution in [-0.4, -0.2) is 41.4 Å². The van der Waals surface area contributed by atoms with E-state index in [1.54, 1.807) is 24.3 Å². The molecule has 0 bridgehead atoms. The third-order valence-electron chi connectivity index (χ3n) is 2.95. The van der Waals surface area contributed by atoms with Crippen LogP contribution < -0.4 is 15.4 Å². The molecule has 7 heteroatoms. The van der Waals surface area contributed by atoms with E-state index in [2.05, 4.69) is 10.6 Å². The smallest absolute Gasteiger partial charge is 0.314 e. The standard InChI is InChI=1S/C16H24N2O5/c1-11(2)23-13-7-5-12(6-8-13)14(19)10-18-16(22)17-9-3-4-15(20)21/h5-8,11,14,19H,3-4,9-10H2,1-2H3,(H,20,21)(H2,17,18,22). The number of carbonyl (C=O) groups is 2. The number of nitrogens with one attached hydrogen (secondary N) is 2. The topological polar surface area (TPSA) is 108 Å². The van der Waals surface area contributed by atoms with E-state index in [0.29, 0.717) is 12.0 Å². The summed E-state index contributed by atoms with van der Waals surface area (Å²) < 4.78 is 5.52. The van der Waals surface area contributed by atoms with E-state index in [4.69, 9.17) is 9.84 Å². The van der Waals surface area contributed by atoms with E-state index >= 15 is 0 Å². The van der Waals surface area contributed by atoms with Gasteiger partial charge < -0.3 is 25.6 Å². The van der Waals surface area contributed by atoms with Gasteiger partial charge in [-0.15, -0.1) is 0 Å². The van der Waals surface area contributed by atoms with Gasteiger partial charge in [0.15, 0.2) is 0 Å². The Labute approximate surface area is 135 Å². The summed E-state index contributed by atoms with van der Waals surface area (Å²) >= 11 is 0. The maximum atomic E-state index is 11.5. The van der Waals surface area contributed by atoms with Gasteiger partial charge in [-0.05, 0) is 38.0 Å². The minimum Gasteiger partial charge on any atom is -0.491 e. The lowest BCUT2D eigenvalue weighted by atomic mass is 10.1. The second-order valence-corrected chi connectivity index (χ2v) is 5.39. The number of hydrogen-bond donors (Lipinski definition) is 4. The molecule has 1 unspecified atom stereocenters. The van der Waals surface area contributed by atoms with Gasteiger partial charge in [0.2, 0.25) is 0 Å². The van der Waals surface area contributed by atoms with E-state index < -0.39 is 18.1 Å². The normalized spacial score (nSPS) is 11.8. The van der Waals surface area contributed by atoms with Crippen molar-refractivity contribution in [1.29, 1.82) is 0 Å². The van der Waals surface area contributed by atoms with E-state index in [-0.39, 0.29) is 25.6 Å². The Hall–Kier alpha value is -2.28. The highest BCUT2D eigenvalue weighted by Crippen LogP contribution is 2.18. The lowest BCUT2D eigenvalue weighted by Crippen LogP contribution is -2.38. The molecule has 0 aliphatic heterocycles. The van der Waals surface area contributed by atoms with Crippen molar-refractivity contribution < 1.29 is 24.5 Å². The van der Waals surface area contributed by atoms with Crippen LogP contribution >= 0.6 is 0 Å². The molecule has 0 aliphatic rings. The molecule has 23 heavy (non-hydrogen) atoms. The molecule has 1 rings (SSSR count). The Morgan fingerprint density at radius 1 is 1.17 bits per heavy atom. The largest absolute Gasteiger partial charge is 0.491 e. The number of aliphatic carboxylic acids is 1. The SMILES string of the molecule is CC(C)Oc1ccc(C(O)CNC(=O)NCCCC(=O)O)cc1. The van der Waals surface area contributed by atoms with Crippen molar-refractivity contribution in [3.8, 4) is 5.75 Å². The summed E-state index contributed by atoms with van der Waals surface area (Å²) in [5.74, 6) is -0.174. The number of carboxylic acids is 1. The molecular formula is C16H24N2O5. The van der Waals surface area contributed by atoms with Gasteiger partial charge in [-0.25, -0.2) is 4.79 Å². The number of aliphatic hydroxyl groups excluding tert-OH is 1. The van der Waals surface area contributed by atoms with Gasteiger partial charge in [0.1, 0.15) is 5.75 Å². The number of rotatable bonds is 9. The molecule has 1 aromatic carbocycles. The Kier molecular flexibility index (Phi) is 7.90. The molecule has 0 saturated carbocycles. The van der Waals surface area contributed by atoms with Crippen molar-refractivity contribution in [3.63, 3.8) is 0 Å². The lowest BCUT2D eigenvalue weighted by molar-refractivity contribution is -0.137. The van der Waals surface area contributed by atoms with E-state index in [9.17, 15) is 14.7 Å². The third-order valence-corrected chi connectivity index (χ3v) is 2.95. The highest BCUT2D eigenvalue weighted by Gasteiger charge is 2.10. The zero-order valence-electron chi connectivity index (χ0n) is 13.4. The van der Waals surface area contributed by atoms with Crippen molar-refractivity contribution in [1.82, 2.24) is 10.6 Å². The first-order valence-corrected chi connectivity index (χ1v) is 7.56. The van der Waals surface area contributed by atoms with Crippen LogP contribution in [0.2, 0.25) is 0 Å². The lowest BCUT2D eigenvalue weighted by Gasteiger charge is -2.14. The van der Waals surface area contributed by atoms with Crippen LogP contribution in [-0.2, 0) is 4.79 Å². The maximum absolute atomic E-state index is 11.5. The second-order valence-electron chi connectivity index (χ2n) is 5.39. The zero-order valence-corrected chi connectivity index (χ0v) is 13.4. The van der Waals surface area contributed by atoms with Gasteiger partial charge >= 0.3 is 12.0 Å². The quantitative estimate of drug-likeness (QED) is 0.517. The van der Waals surface area contributed by atoms with Gasteiger partial charge in [-0.3, -0.25) is 4.79 Å². The average molecular weight is 324 g/mol. The fourth-order valence-corrected chi connectivity index (χ4v) is 1.85. The van der Waals surface area contributed by atoms with Crippen LogP contribution in [0.15, 0.2) is 24.3 Å². The predicted molar refractivity (Wildman–Crippen MR) is 85.4 cm³/mol. The van der Waals surface area contributed by atoms with Gasteiger partial charge in [0.25, 0.3) is 0 Å². The molecule has 0 fully saturated rings. The summed E-state index contributed by atoms with van der Waals surface area (Å²) in [5, 5.41) is 23.6. The van der Waals surface area contributed by atoms with Crippen molar-refractivity contribution in [3.05, 3.63) is 29.8 Å². The Morgan fingerprint density at radius 3 is 2.39 bits per heavy atom. The zero-order chi connectivity index (χ0) is 17.2. The fraction of sp³-hybridized carbons (Fsp3) is 0.500. The Balaban J connectivity index is 2.31. The molecule has 1 atom stereocenters. The predicted octanol–water partition coefficient (Wildman–Crippen LogP) is 1.67. The maximum Gasteiger partial charge on any atom is 0.314 e. The molecule has 1 aromatic rings. The van der Waals surface area contributed by atoms with Crippen LogP contribution in [0, 0.1) is 0 Å². The van der Waals surface area contributed by atoms with Crippen LogP contribution in [0.4, 0.5) is 4.79 Å². The fourth-order valence-electron chi connectivity index (χ4n) is 1.85. The molecule has 7 nitrogen and oxygen atoms in total. The number of ether oxygens (including phenoxy) is 1. The molecule has 4 N–H and O–H groups in total. The van der Waals surface area contributed by atoms with Gasteiger partial charge in [-0.1, -0.05) is 12.1 Å². The minimum atomic E-state index is -0.896. The van der Waals surface area contributed by atoms with Crippen molar-refractivity contribution >= 4 is 12.0 Å². The van der Waals surface area contributed by atoms with Gasteiger partial charge in [0, 0.05) is 19.5 Å². The summed E-state index contributed by atoms with van der Waals surface area (Å²) in [6.45, 7) is 4.20. The van der Waals surface area contributed by atoms with Crippen molar-refractivity contribution in [2.45, 2.75) is 38.9 Å². The second kappa shape index (κ2) is 9.68. The summed E-state index contributed by atoms with van der Waals surface area (Å²) in [6, 6.07) is 6.59. The van der Waals surface area contributed by atoms with Crippen LogP contribution in [0.1, 0.15) is 38.4 Å². The minimum absolute atomic E-state index is 0.00764. The van der Waals surface area contributed by atoms with Gasteiger partial charge in [0.05, 0.1) is 12.2 Å². The highest BCUT2D eigenvalue weighted by atomic mass is 16.5. The van der Waals surface area contributed by atoms with Crippen LogP contribution in [0.3, 0.4) is 0 Å². The molecule has 0 aromatic heterocycles. The van der Waals surface area contributed by atoms with Crippen LogP contribution in [0.25, 0.3) is 0 Å². The Morgan fingerprint density at radius 2 is 1.83 bits per heavy atom. The first-order valence-electron chi connectivity index (χ1n) is 7.56. The Bertz CT molecular complexity index is 502. The van der Waals surface area contributed by atoms with Crippen molar-refractivity contribution in [2.24, 2.45) is 0 Å². The molecule has 2 amide bonds. The van der Waals surface area contributed by atoms with E-state index in [1.807, 2.05) is 13.8 Å². The molecule has 0 aliphatic carbocycles. The summed E-state index contributed by atoms with van der Waals surface area (Å²) in [7, 11) is 0. The summed E-state index contributed by atoms with van der Waals surface area (Å²) in [5.41, 5.74) is 0.673. The monoisotopic (exact) mass is 324 g/mol. The number of hydrogen-bond acceptors (Lipinski definition) is 4. The third kappa shape index (κ3) is 8.06. The van der Waals surface area contributed by atoms with Crippen molar-refractivity contribution in [2.75, 3.05) is 13.1 Å². The number of amides is 2. The average Bonchev–Trinajstić information content (AvgIpc) is 2.49. The molecule has 0 radical (unpaired) electrons. The highest BCUT2D eigenvalue weighted by molar-refractivity contribution is 5.74. The molecule has 0 saturated heterocycles. The summed E-state index contributed by atoms with van der Waals surface area (Å²) in [4.78, 5) is 21.8. The number of aliphatic hydroxyl groups is 1. The number of urea groups is 1. The van der Waals surface area contributed by atoms with Crippen LogP contribution in [0.5, 0.6) is 5.75 Å². The number of benzene rings is 1. The first-order chi connectivity index (χ1) is 10.9. The number of carbonyl (C=O) groups excluding carboxylic acids is 1. The van der Waals surface area contributed by atoms with E-state index in [0.717, 1.165) is 5.75 Å². The molecule has 128 valence electrons. The number of carboxylic acid groups (broad SMARTS) is 1. The first kappa shape index (κ1) is 18.8. The molecule has 0 heterocycles. The molecular weight excluding hydrogens is 300 g/mol. The van der Waals surface area contributed by atoms with E-state index in [1.165, 1.54) is 0 Å².